The maximum atomic E-state index is 11.0. The van der Waals surface area contributed by atoms with Crippen molar-refractivity contribution in [3.05, 3.63) is 36.4 Å². The van der Waals surface area contributed by atoms with Gasteiger partial charge in [-0.05, 0) is 25.2 Å². The van der Waals surface area contributed by atoms with Gasteiger partial charge in [0.05, 0.1) is 11.4 Å². The van der Waals surface area contributed by atoms with E-state index in [0.29, 0.717) is 5.69 Å². The molecule has 0 aliphatic heterocycles. The van der Waals surface area contributed by atoms with Crippen LogP contribution in [0.1, 0.15) is 11.9 Å². The third kappa shape index (κ3) is 2.31. The van der Waals surface area contributed by atoms with Crippen LogP contribution in [-0.4, -0.2) is 33.1 Å². The smallest absolute Gasteiger partial charge is 0.328 e. The number of aliphatic carboxylic acids is 1. The first-order valence-electron chi connectivity index (χ1n) is 5.09. The Hall–Kier alpha value is -2.21. The van der Waals surface area contributed by atoms with Gasteiger partial charge in [0.15, 0.2) is 11.9 Å². The number of nitrogens with one attached hydrogen (secondary N) is 2. The molecular weight excluding hydrogens is 220 g/mol. The van der Waals surface area contributed by atoms with Gasteiger partial charge < -0.3 is 15.4 Å². The minimum absolute atomic E-state index is 0.243. The van der Waals surface area contributed by atoms with Crippen molar-refractivity contribution >= 4 is 5.97 Å². The van der Waals surface area contributed by atoms with E-state index in [1.807, 2.05) is 12.1 Å². The highest BCUT2D eigenvalue weighted by atomic mass is 16.4. The zero-order valence-corrected chi connectivity index (χ0v) is 9.21. The number of carbonyl (C=O) groups is 1. The maximum absolute atomic E-state index is 11.0. The summed E-state index contributed by atoms with van der Waals surface area (Å²) >= 11 is 0. The molecule has 0 spiro atoms. The summed E-state index contributed by atoms with van der Waals surface area (Å²) in [6.07, 6.45) is 3.33. The van der Waals surface area contributed by atoms with Crippen LogP contribution >= 0.6 is 0 Å². The lowest BCUT2D eigenvalue weighted by atomic mass is 10.2. The largest absolute Gasteiger partial charge is 0.480 e. The van der Waals surface area contributed by atoms with E-state index >= 15 is 0 Å². The van der Waals surface area contributed by atoms with Crippen LogP contribution < -0.4 is 5.32 Å². The zero-order valence-electron chi connectivity index (χ0n) is 9.21. The van der Waals surface area contributed by atoms with E-state index in [2.05, 4.69) is 20.3 Å². The van der Waals surface area contributed by atoms with Crippen LogP contribution in [0.5, 0.6) is 0 Å². The molecule has 17 heavy (non-hydrogen) atoms. The number of aromatic nitrogens is 3. The summed E-state index contributed by atoms with van der Waals surface area (Å²) in [4.78, 5) is 22.2. The third-order valence-corrected chi connectivity index (χ3v) is 2.34. The van der Waals surface area contributed by atoms with Crippen LogP contribution in [0, 0.1) is 0 Å². The SMILES string of the molecule is CNC(C(=O)O)c1nccc(-c2ccc[nH]2)n1. The van der Waals surface area contributed by atoms with Crippen molar-refractivity contribution < 1.29 is 9.90 Å². The predicted molar refractivity (Wildman–Crippen MR) is 61.3 cm³/mol. The van der Waals surface area contributed by atoms with E-state index in [4.69, 9.17) is 5.11 Å². The number of carboxylic acid groups (broad SMARTS) is 1. The van der Waals surface area contributed by atoms with E-state index in [-0.39, 0.29) is 5.82 Å². The average molecular weight is 232 g/mol. The lowest BCUT2D eigenvalue weighted by molar-refractivity contribution is -0.139. The fraction of sp³-hybridized carbons (Fsp3) is 0.182. The van der Waals surface area contributed by atoms with Gasteiger partial charge in [-0.3, -0.25) is 4.79 Å². The molecule has 0 aliphatic rings. The molecule has 1 atom stereocenters. The summed E-state index contributed by atoms with van der Waals surface area (Å²) in [5.41, 5.74) is 1.50. The number of H-pyrrole nitrogens is 1. The van der Waals surface area contributed by atoms with Crippen LogP contribution in [0.15, 0.2) is 30.6 Å². The van der Waals surface area contributed by atoms with Crippen LogP contribution in [0.4, 0.5) is 0 Å². The number of carboxylic acids is 1. The highest BCUT2D eigenvalue weighted by Crippen LogP contribution is 2.15. The number of likely N-dealkylation sites (N-methyl/N-ethyl adjacent to an activating group) is 1. The van der Waals surface area contributed by atoms with Gasteiger partial charge >= 0.3 is 5.97 Å². The lowest BCUT2D eigenvalue weighted by Crippen LogP contribution is -2.27. The number of hydrogen-bond acceptors (Lipinski definition) is 4. The molecule has 0 aromatic carbocycles. The number of aromatic amines is 1. The molecule has 88 valence electrons. The third-order valence-electron chi connectivity index (χ3n) is 2.34. The first-order valence-corrected chi connectivity index (χ1v) is 5.09. The van der Waals surface area contributed by atoms with Gasteiger partial charge in [-0.1, -0.05) is 0 Å². The molecule has 0 saturated heterocycles. The molecule has 3 N–H and O–H groups in total. The van der Waals surface area contributed by atoms with Crippen molar-refractivity contribution in [2.45, 2.75) is 6.04 Å². The van der Waals surface area contributed by atoms with Crippen molar-refractivity contribution in [3.63, 3.8) is 0 Å². The van der Waals surface area contributed by atoms with Crippen LogP contribution in [-0.2, 0) is 4.79 Å². The molecule has 6 heteroatoms. The lowest BCUT2D eigenvalue weighted by Gasteiger charge is -2.10. The van der Waals surface area contributed by atoms with Crippen molar-refractivity contribution in [1.82, 2.24) is 20.3 Å². The Balaban J connectivity index is 2.37. The van der Waals surface area contributed by atoms with Crippen molar-refractivity contribution in [3.8, 4) is 11.4 Å². The van der Waals surface area contributed by atoms with Crippen molar-refractivity contribution in [2.75, 3.05) is 7.05 Å². The van der Waals surface area contributed by atoms with E-state index in [1.165, 1.54) is 0 Å². The normalized spacial score (nSPS) is 12.3. The Labute approximate surface area is 97.7 Å². The van der Waals surface area contributed by atoms with Crippen LogP contribution in [0.3, 0.4) is 0 Å². The van der Waals surface area contributed by atoms with E-state index in [9.17, 15) is 4.79 Å². The molecular formula is C11H12N4O2. The molecule has 0 fully saturated rings. The fourth-order valence-electron chi connectivity index (χ4n) is 1.52. The minimum Gasteiger partial charge on any atom is -0.480 e. The summed E-state index contributed by atoms with van der Waals surface area (Å²) in [7, 11) is 1.56. The van der Waals surface area contributed by atoms with E-state index in [1.54, 1.807) is 25.5 Å². The summed E-state index contributed by atoms with van der Waals surface area (Å²) < 4.78 is 0. The molecule has 0 aliphatic carbocycles. The predicted octanol–water partition coefficient (Wildman–Crippen LogP) is 0.817. The van der Waals surface area contributed by atoms with Crippen molar-refractivity contribution in [2.24, 2.45) is 0 Å². The van der Waals surface area contributed by atoms with Gasteiger partial charge in [-0.25, -0.2) is 9.97 Å². The second-order valence-corrected chi connectivity index (χ2v) is 3.44. The monoisotopic (exact) mass is 232 g/mol. The van der Waals surface area contributed by atoms with Crippen molar-refractivity contribution in [1.29, 1.82) is 0 Å². The second kappa shape index (κ2) is 4.75. The van der Waals surface area contributed by atoms with E-state index in [0.717, 1.165) is 5.69 Å². The summed E-state index contributed by atoms with van der Waals surface area (Å²) in [6.45, 7) is 0. The first kappa shape index (κ1) is 11.3. The average Bonchev–Trinajstić information content (AvgIpc) is 2.83. The van der Waals surface area contributed by atoms with Gasteiger partial charge in [0.2, 0.25) is 0 Å². The molecule has 2 aromatic heterocycles. The standard InChI is InChI=1S/C11H12N4O2/c1-12-9(11(16)17)10-14-6-4-8(15-10)7-3-2-5-13-7/h2-6,9,12-13H,1H3,(H,16,17). The fourth-order valence-corrected chi connectivity index (χ4v) is 1.52. The number of rotatable bonds is 4. The van der Waals surface area contributed by atoms with Crippen LogP contribution in [0.25, 0.3) is 11.4 Å². The first-order chi connectivity index (χ1) is 8.22. The van der Waals surface area contributed by atoms with Gasteiger partial charge in [-0.15, -0.1) is 0 Å². The molecule has 0 bridgehead atoms. The quantitative estimate of drug-likeness (QED) is 0.725. The highest BCUT2D eigenvalue weighted by molar-refractivity contribution is 5.74. The summed E-state index contributed by atoms with van der Waals surface area (Å²) in [6, 6.07) is 4.54. The summed E-state index contributed by atoms with van der Waals surface area (Å²) in [5.74, 6) is -0.761. The Morgan fingerprint density at radius 3 is 2.94 bits per heavy atom. The Bertz CT molecular complexity index is 510. The Kier molecular flexibility index (Phi) is 3.15. The minimum atomic E-state index is -1.00. The number of hydrogen-bond donors (Lipinski definition) is 3. The molecule has 0 amide bonds. The topological polar surface area (TPSA) is 90.9 Å². The molecule has 1 unspecified atom stereocenters. The second-order valence-electron chi connectivity index (χ2n) is 3.44. The maximum Gasteiger partial charge on any atom is 0.328 e. The molecule has 6 nitrogen and oxygen atoms in total. The van der Waals surface area contributed by atoms with Gasteiger partial charge in [-0.2, -0.15) is 0 Å². The Morgan fingerprint density at radius 1 is 1.53 bits per heavy atom. The number of nitrogens with zero attached hydrogens (tertiary/aromatic N) is 2. The highest BCUT2D eigenvalue weighted by Gasteiger charge is 2.20. The summed E-state index contributed by atoms with van der Waals surface area (Å²) in [5, 5.41) is 11.7. The molecule has 0 radical (unpaired) electrons. The molecule has 2 aromatic rings. The zero-order chi connectivity index (χ0) is 12.3. The van der Waals surface area contributed by atoms with Gasteiger partial charge in [0.1, 0.15) is 0 Å². The Morgan fingerprint density at radius 2 is 2.35 bits per heavy atom. The van der Waals surface area contributed by atoms with Gasteiger partial charge in [0.25, 0.3) is 0 Å². The van der Waals surface area contributed by atoms with Gasteiger partial charge in [0, 0.05) is 12.4 Å². The van der Waals surface area contributed by atoms with E-state index < -0.39 is 12.0 Å². The van der Waals surface area contributed by atoms with Crippen LogP contribution in [0.2, 0.25) is 0 Å². The molecule has 2 rings (SSSR count). The molecule has 2 heterocycles. The molecule has 0 saturated carbocycles.